The van der Waals surface area contributed by atoms with Crippen LogP contribution in [0.5, 0.6) is 0 Å². The lowest BCUT2D eigenvalue weighted by atomic mass is 10.0. The molecule has 5 nitrogen and oxygen atoms in total. The number of carbonyl (C=O) groups is 1. The van der Waals surface area contributed by atoms with E-state index in [1.165, 1.54) is 36.0 Å². The van der Waals surface area contributed by atoms with E-state index in [2.05, 4.69) is 96.4 Å². The Bertz CT molecular complexity index is 1320. The molecule has 1 amide bonds. The third-order valence-electron chi connectivity index (χ3n) is 6.84. The number of hydrogen-bond acceptors (Lipinski definition) is 4. The van der Waals surface area contributed by atoms with Gasteiger partial charge >= 0.3 is 0 Å². The third kappa shape index (κ3) is 8.56. The summed E-state index contributed by atoms with van der Waals surface area (Å²) in [5.41, 5.74) is 5.84. The molecule has 0 aliphatic carbocycles. The molecule has 1 aromatic heterocycles. The van der Waals surface area contributed by atoms with Crippen LogP contribution in [0.3, 0.4) is 0 Å². The van der Waals surface area contributed by atoms with E-state index in [1.54, 1.807) is 11.8 Å². The second-order valence-electron chi connectivity index (χ2n) is 10.3. The summed E-state index contributed by atoms with van der Waals surface area (Å²) in [7, 11) is 0. The summed E-state index contributed by atoms with van der Waals surface area (Å²) < 4.78 is 2.12. The fourth-order valence-electron chi connectivity index (χ4n) is 4.70. The molecule has 0 saturated heterocycles. The Balaban J connectivity index is 1.63. The number of amides is 1. The second kappa shape index (κ2) is 14.7. The lowest BCUT2D eigenvalue weighted by molar-refractivity contribution is -0.122. The first kappa shape index (κ1) is 28.6. The van der Waals surface area contributed by atoms with Crippen molar-refractivity contribution in [3.63, 3.8) is 0 Å². The molecule has 1 atom stereocenters. The van der Waals surface area contributed by atoms with Gasteiger partial charge < -0.3 is 5.32 Å². The normalized spacial score (nSPS) is 11.9. The molecular formula is C33H40N4OS. The van der Waals surface area contributed by atoms with Crippen LogP contribution in [-0.4, -0.2) is 20.7 Å². The summed E-state index contributed by atoms with van der Waals surface area (Å²) in [5.74, 6) is 1.62. The van der Waals surface area contributed by atoms with Gasteiger partial charge in [-0.1, -0.05) is 122 Å². The molecule has 0 aliphatic heterocycles. The van der Waals surface area contributed by atoms with E-state index in [0.29, 0.717) is 12.8 Å². The van der Waals surface area contributed by atoms with Gasteiger partial charge in [0, 0.05) is 17.9 Å². The van der Waals surface area contributed by atoms with Crippen LogP contribution in [0.1, 0.15) is 79.6 Å². The molecule has 1 N–H and O–H groups in total. The maximum Gasteiger partial charge on any atom is 0.220 e. The summed E-state index contributed by atoms with van der Waals surface area (Å²) in [6.45, 7) is 6.41. The Morgan fingerprint density at radius 3 is 2.33 bits per heavy atom. The molecule has 1 heterocycles. The Labute approximate surface area is 237 Å². The maximum atomic E-state index is 13.1. The fourth-order valence-corrected chi connectivity index (χ4v) is 5.60. The van der Waals surface area contributed by atoms with E-state index in [4.69, 9.17) is 5.10 Å². The molecule has 39 heavy (non-hydrogen) atoms. The molecule has 0 bridgehead atoms. The van der Waals surface area contributed by atoms with Crippen LogP contribution in [-0.2, 0) is 17.0 Å². The molecule has 4 rings (SSSR count). The number of nitrogens with zero attached hydrogens (tertiary/aromatic N) is 3. The number of aryl methyl sites for hydroxylation is 2. The number of hydrogen-bond donors (Lipinski definition) is 1. The van der Waals surface area contributed by atoms with Crippen molar-refractivity contribution in [2.24, 2.45) is 0 Å². The van der Waals surface area contributed by atoms with Crippen molar-refractivity contribution < 1.29 is 4.79 Å². The zero-order chi connectivity index (χ0) is 27.5. The van der Waals surface area contributed by atoms with Crippen molar-refractivity contribution in [3.05, 3.63) is 107 Å². The van der Waals surface area contributed by atoms with Crippen LogP contribution in [0.4, 0.5) is 0 Å². The van der Waals surface area contributed by atoms with Gasteiger partial charge in [0.1, 0.15) is 0 Å². The van der Waals surface area contributed by atoms with Crippen molar-refractivity contribution in [2.75, 3.05) is 0 Å². The minimum atomic E-state index is -0.294. The summed E-state index contributed by atoms with van der Waals surface area (Å²) in [6.07, 6.45) is 6.78. The van der Waals surface area contributed by atoms with Gasteiger partial charge in [0.15, 0.2) is 11.0 Å². The van der Waals surface area contributed by atoms with Gasteiger partial charge in [-0.3, -0.25) is 9.36 Å². The monoisotopic (exact) mass is 540 g/mol. The van der Waals surface area contributed by atoms with Crippen molar-refractivity contribution in [3.8, 4) is 5.69 Å². The standard InChI is InChI=1S/C33H40N4OS/c1-4-5-6-7-11-17-31(38)34-30(23-27-14-9-8-10-15-27)32-35-36-33(37(32)29-20-18-25(2)19-21-29)39-24-28-16-12-13-26(3)22-28/h8-10,12-16,18-22,30H,4-7,11,17,23-24H2,1-3H3,(H,34,38). The number of carbonyl (C=O) groups excluding carboxylic acids is 1. The first-order valence-electron chi connectivity index (χ1n) is 14.1. The summed E-state index contributed by atoms with van der Waals surface area (Å²) in [4.78, 5) is 13.1. The molecule has 0 saturated carbocycles. The zero-order valence-corrected chi connectivity index (χ0v) is 24.2. The molecule has 0 spiro atoms. The third-order valence-corrected chi connectivity index (χ3v) is 7.84. The van der Waals surface area contributed by atoms with Crippen molar-refractivity contribution >= 4 is 17.7 Å². The van der Waals surface area contributed by atoms with E-state index < -0.39 is 0 Å². The molecule has 4 aromatic rings. The number of unbranched alkanes of at least 4 members (excludes halogenated alkanes) is 4. The summed E-state index contributed by atoms with van der Waals surface area (Å²) >= 11 is 1.67. The van der Waals surface area contributed by atoms with E-state index in [0.717, 1.165) is 40.8 Å². The van der Waals surface area contributed by atoms with Crippen molar-refractivity contribution in [2.45, 2.75) is 82.7 Å². The molecular weight excluding hydrogens is 500 g/mol. The number of rotatable bonds is 14. The van der Waals surface area contributed by atoms with Gasteiger partial charge in [-0.15, -0.1) is 10.2 Å². The largest absolute Gasteiger partial charge is 0.346 e. The Hall–Kier alpha value is -3.38. The Morgan fingerprint density at radius 1 is 0.846 bits per heavy atom. The lowest BCUT2D eigenvalue weighted by Crippen LogP contribution is -2.31. The SMILES string of the molecule is CCCCCCCC(=O)NC(Cc1ccccc1)c1nnc(SCc2cccc(C)c2)n1-c1ccc(C)cc1. The summed E-state index contributed by atoms with van der Waals surface area (Å²) in [5, 5.41) is 13.5. The predicted octanol–water partition coefficient (Wildman–Crippen LogP) is 7.94. The van der Waals surface area contributed by atoms with E-state index in [-0.39, 0.29) is 11.9 Å². The quantitative estimate of drug-likeness (QED) is 0.130. The molecule has 0 fully saturated rings. The van der Waals surface area contributed by atoms with Crippen LogP contribution in [0.25, 0.3) is 5.69 Å². The van der Waals surface area contributed by atoms with Gasteiger partial charge in [-0.25, -0.2) is 0 Å². The molecule has 0 radical (unpaired) electrons. The van der Waals surface area contributed by atoms with E-state index in [1.807, 2.05) is 18.2 Å². The van der Waals surface area contributed by atoms with Gasteiger partial charge in [0.05, 0.1) is 6.04 Å². The van der Waals surface area contributed by atoms with Crippen LogP contribution >= 0.6 is 11.8 Å². The average Bonchev–Trinajstić information content (AvgIpc) is 3.36. The average molecular weight is 541 g/mol. The Morgan fingerprint density at radius 2 is 1.59 bits per heavy atom. The number of benzene rings is 3. The minimum Gasteiger partial charge on any atom is -0.346 e. The highest BCUT2D eigenvalue weighted by Crippen LogP contribution is 2.29. The lowest BCUT2D eigenvalue weighted by Gasteiger charge is -2.20. The van der Waals surface area contributed by atoms with Crippen molar-refractivity contribution in [1.82, 2.24) is 20.1 Å². The molecule has 3 aromatic carbocycles. The highest BCUT2D eigenvalue weighted by Gasteiger charge is 2.25. The molecule has 204 valence electrons. The molecule has 6 heteroatoms. The van der Waals surface area contributed by atoms with E-state index in [9.17, 15) is 4.79 Å². The van der Waals surface area contributed by atoms with Crippen LogP contribution in [0.2, 0.25) is 0 Å². The fraction of sp³-hybridized carbons (Fsp3) is 0.364. The summed E-state index contributed by atoms with van der Waals surface area (Å²) in [6, 6.07) is 27.0. The molecule has 0 aliphatic rings. The first-order valence-corrected chi connectivity index (χ1v) is 15.1. The maximum absolute atomic E-state index is 13.1. The highest BCUT2D eigenvalue weighted by molar-refractivity contribution is 7.98. The minimum absolute atomic E-state index is 0.0693. The zero-order valence-electron chi connectivity index (χ0n) is 23.4. The first-order chi connectivity index (χ1) is 19.0. The van der Waals surface area contributed by atoms with Crippen LogP contribution < -0.4 is 5.32 Å². The number of thioether (sulfide) groups is 1. The van der Waals surface area contributed by atoms with Gasteiger partial charge in [0.2, 0.25) is 5.91 Å². The topological polar surface area (TPSA) is 59.8 Å². The highest BCUT2D eigenvalue weighted by atomic mass is 32.2. The molecule has 1 unspecified atom stereocenters. The van der Waals surface area contributed by atoms with Gasteiger partial charge in [-0.2, -0.15) is 0 Å². The predicted molar refractivity (Wildman–Crippen MR) is 161 cm³/mol. The number of nitrogens with one attached hydrogen (secondary N) is 1. The number of aromatic nitrogens is 3. The smallest absolute Gasteiger partial charge is 0.220 e. The van der Waals surface area contributed by atoms with Gasteiger partial charge in [-0.05, 0) is 49.9 Å². The van der Waals surface area contributed by atoms with Crippen LogP contribution in [0.15, 0.2) is 84.0 Å². The van der Waals surface area contributed by atoms with Gasteiger partial charge in [0.25, 0.3) is 0 Å². The van der Waals surface area contributed by atoms with Crippen molar-refractivity contribution in [1.29, 1.82) is 0 Å². The Kier molecular flexibility index (Phi) is 10.8. The van der Waals surface area contributed by atoms with Crippen LogP contribution in [0, 0.1) is 13.8 Å². The van der Waals surface area contributed by atoms with E-state index >= 15 is 0 Å². The second-order valence-corrected chi connectivity index (χ2v) is 11.2.